The minimum Gasteiger partial charge on any atom is -0.480 e. The monoisotopic (exact) mass is 279 g/mol. The zero-order valence-corrected chi connectivity index (χ0v) is 12.0. The molecule has 110 valence electrons. The first kappa shape index (κ1) is 14.6. The molecule has 6 heteroatoms. The van der Waals surface area contributed by atoms with Crippen molar-refractivity contribution < 1.29 is 14.7 Å². The Morgan fingerprint density at radius 3 is 2.90 bits per heavy atom. The first-order valence-electron chi connectivity index (χ1n) is 7.04. The van der Waals surface area contributed by atoms with Crippen molar-refractivity contribution >= 4 is 11.9 Å². The molecule has 0 saturated carbocycles. The van der Waals surface area contributed by atoms with Gasteiger partial charge in [-0.25, -0.2) is 9.78 Å². The molecule has 1 aliphatic rings. The summed E-state index contributed by atoms with van der Waals surface area (Å²) < 4.78 is 1.97. The van der Waals surface area contributed by atoms with Crippen LogP contribution in [0.5, 0.6) is 0 Å². The van der Waals surface area contributed by atoms with Gasteiger partial charge in [0.15, 0.2) is 0 Å². The Morgan fingerprint density at radius 1 is 1.50 bits per heavy atom. The molecule has 20 heavy (non-hydrogen) atoms. The lowest BCUT2D eigenvalue weighted by Crippen LogP contribution is -2.40. The third-order valence-electron chi connectivity index (χ3n) is 3.69. The maximum Gasteiger partial charge on any atom is 0.326 e. The fourth-order valence-electron chi connectivity index (χ4n) is 2.69. The van der Waals surface area contributed by atoms with Gasteiger partial charge in [-0.15, -0.1) is 0 Å². The van der Waals surface area contributed by atoms with Crippen LogP contribution < -0.4 is 0 Å². The second kappa shape index (κ2) is 6.07. The molecule has 0 spiro atoms. The van der Waals surface area contributed by atoms with E-state index in [-0.39, 0.29) is 5.91 Å². The standard InChI is InChI=1S/C14H21N3O3/c1-10(2)13-15-6-9-16(13)8-5-12(18)17-7-3-4-11(17)14(19)20/h6,9-11H,3-5,7-8H2,1-2H3,(H,19,20)/t11-/m1/s1. The highest BCUT2D eigenvalue weighted by molar-refractivity contribution is 5.84. The molecule has 0 bridgehead atoms. The molecule has 2 heterocycles. The predicted molar refractivity (Wildman–Crippen MR) is 73.3 cm³/mol. The number of aliphatic carboxylic acids is 1. The minimum atomic E-state index is -0.902. The summed E-state index contributed by atoms with van der Waals surface area (Å²) in [6.45, 7) is 5.22. The van der Waals surface area contributed by atoms with Gasteiger partial charge in [0.2, 0.25) is 5.91 Å². The van der Waals surface area contributed by atoms with Gasteiger partial charge in [-0.1, -0.05) is 13.8 Å². The minimum absolute atomic E-state index is 0.0849. The number of amides is 1. The Labute approximate surface area is 118 Å². The first-order chi connectivity index (χ1) is 9.50. The molecule has 1 aliphatic heterocycles. The number of carboxylic acid groups (broad SMARTS) is 1. The van der Waals surface area contributed by atoms with E-state index in [0.29, 0.717) is 31.8 Å². The molecule has 2 rings (SSSR count). The quantitative estimate of drug-likeness (QED) is 0.885. The van der Waals surface area contributed by atoms with Crippen molar-refractivity contribution in [3.8, 4) is 0 Å². The second-order valence-electron chi connectivity index (χ2n) is 5.47. The Kier molecular flexibility index (Phi) is 4.42. The molecule has 1 N–H and O–H groups in total. The predicted octanol–water partition coefficient (Wildman–Crippen LogP) is 1.47. The van der Waals surface area contributed by atoms with Crippen molar-refractivity contribution in [1.29, 1.82) is 0 Å². The van der Waals surface area contributed by atoms with Crippen molar-refractivity contribution in [3.05, 3.63) is 18.2 Å². The van der Waals surface area contributed by atoms with Crippen molar-refractivity contribution in [2.24, 2.45) is 0 Å². The van der Waals surface area contributed by atoms with Crippen LogP contribution in [0.15, 0.2) is 12.4 Å². The van der Waals surface area contributed by atoms with E-state index in [1.54, 1.807) is 6.20 Å². The van der Waals surface area contributed by atoms with E-state index in [0.717, 1.165) is 12.2 Å². The topological polar surface area (TPSA) is 75.4 Å². The van der Waals surface area contributed by atoms with Crippen LogP contribution >= 0.6 is 0 Å². The molecule has 0 aliphatic carbocycles. The van der Waals surface area contributed by atoms with Crippen LogP contribution in [0.1, 0.15) is 44.9 Å². The van der Waals surface area contributed by atoms with Gasteiger partial charge < -0.3 is 14.6 Å². The Morgan fingerprint density at radius 2 is 2.25 bits per heavy atom. The maximum absolute atomic E-state index is 12.2. The Bertz CT molecular complexity index is 496. The number of likely N-dealkylation sites (tertiary alicyclic amines) is 1. The van der Waals surface area contributed by atoms with Gasteiger partial charge in [0, 0.05) is 37.8 Å². The fraction of sp³-hybridized carbons (Fsp3) is 0.643. The molecule has 0 aromatic carbocycles. The molecular formula is C14H21N3O3. The highest BCUT2D eigenvalue weighted by atomic mass is 16.4. The summed E-state index contributed by atoms with van der Waals surface area (Å²) in [6, 6.07) is -0.644. The van der Waals surface area contributed by atoms with Crippen molar-refractivity contribution in [1.82, 2.24) is 14.5 Å². The average molecular weight is 279 g/mol. The fourth-order valence-corrected chi connectivity index (χ4v) is 2.69. The van der Waals surface area contributed by atoms with Crippen LogP contribution in [0.3, 0.4) is 0 Å². The number of nitrogens with zero attached hydrogens (tertiary/aromatic N) is 3. The van der Waals surface area contributed by atoms with E-state index in [2.05, 4.69) is 18.8 Å². The largest absolute Gasteiger partial charge is 0.480 e. The van der Waals surface area contributed by atoms with Gasteiger partial charge >= 0.3 is 5.97 Å². The van der Waals surface area contributed by atoms with E-state index in [4.69, 9.17) is 5.11 Å². The summed E-state index contributed by atoms with van der Waals surface area (Å²) in [5, 5.41) is 9.09. The van der Waals surface area contributed by atoms with Gasteiger partial charge in [-0.3, -0.25) is 4.79 Å². The number of carboxylic acids is 1. The molecule has 6 nitrogen and oxygen atoms in total. The number of aromatic nitrogens is 2. The van der Waals surface area contributed by atoms with Crippen LogP contribution in [0.4, 0.5) is 0 Å². The SMILES string of the molecule is CC(C)c1nccn1CCC(=O)N1CCC[C@@H]1C(=O)O. The summed E-state index contributed by atoms with van der Waals surface area (Å²) in [7, 11) is 0. The van der Waals surface area contributed by atoms with Gasteiger partial charge in [-0.2, -0.15) is 0 Å². The number of imidazole rings is 1. The van der Waals surface area contributed by atoms with Crippen molar-refractivity contribution in [3.63, 3.8) is 0 Å². The van der Waals surface area contributed by atoms with Crippen molar-refractivity contribution in [2.75, 3.05) is 6.54 Å². The molecule has 0 radical (unpaired) electrons. The average Bonchev–Trinajstić information content (AvgIpc) is 3.04. The van der Waals surface area contributed by atoms with Crippen LogP contribution in [0.25, 0.3) is 0 Å². The smallest absolute Gasteiger partial charge is 0.326 e. The number of hydrogen-bond acceptors (Lipinski definition) is 3. The summed E-state index contributed by atoms with van der Waals surface area (Å²) in [5.41, 5.74) is 0. The zero-order valence-electron chi connectivity index (χ0n) is 12.0. The number of aryl methyl sites for hydroxylation is 1. The van der Waals surface area contributed by atoms with E-state index in [1.807, 2.05) is 10.8 Å². The van der Waals surface area contributed by atoms with Crippen molar-refractivity contribution in [2.45, 2.75) is 51.6 Å². The first-order valence-corrected chi connectivity index (χ1v) is 7.04. The van der Waals surface area contributed by atoms with E-state index in [9.17, 15) is 9.59 Å². The summed E-state index contributed by atoms with van der Waals surface area (Å²) in [4.78, 5) is 29.0. The summed E-state index contributed by atoms with van der Waals surface area (Å²) >= 11 is 0. The zero-order chi connectivity index (χ0) is 14.7. The number of rotatable bonds is 5. The third-order valence-corrected chi connectivity index (χ3v) is 3.69. The van der Waals surface area contributed by atoms with Crippen LogP contribution in [0, 0.1) is 0 Å². The van der Waals surface area contributed by atoms with E-state index in [1.165, 1.54) is 4.90 Å². The van der Waals surface area contributed by atoms with Crippen LogP contribution in [-0.2, 0) is 16.1 Å². The maximum atomic E-state index is 12.2. The molecule has 1 fully saturated rings. The van der Waals surface area contributed by atoms with Gasteiger partial charge in [0.25, 0.3) is 0 Å². The molecular weight excluding hydrogens is 258 g/mol. The number of carbonyl (C=O) groups is 2. The lowest BCUT2D eigenvalue weighted by atomic mass is 10.2. The highest BCUT2D eigenvalue weighted by Crippen LogP contribution is 2.19. The normalized spacial score (nSPS) is 18.8. The lowest BCUT2D eigenvalue weighted by Gasteiger charge is -2.21. The summed E-state index contributed by atoms with van der Waals surface area (Å²) in [6.07, 6.45) is 5.24. The molecule has 1 aromatic rings. The Balaban J connectivity index is 1.95. The Hall–Kier alpha value is -1.85. The van der Waals surface area contributed by atoms with Crippen LogP contribution in [0.2, 0.25) is 0 Å². The number of carbonyl (C=O) groups excluding carboxylic acids is 1. The molecule has 1 aromatic heterocycles. The third kappa shape index (κ3) is 3.00. The molecule has 0 unspecified atom stereocenters. The summed E-state index contributed by atoms with van der Waals surface area (Å²) in [5.74, 6) is 0.271. The van der Waals surface area contributed by atoms with Gasteiger partial charge in [-0.05, 0) is 12.8 Å². The highest BCUT2D eigenvalue weighted by Gasteiger charge is 2.33. The van der Waals surface area contributed by atoms with E-state index >= 15 is 0 Å². The molecule has 1 saturated heterocycles. The van der Waals surface area contributed by atoms with E-state index < -0.39 is 12.0 Å². The van der Waals surface area contributed by atoms with Gasteiger partial charge in [0.1, 0.15) is 11.9 Å². The lowest BCUT2D eigenvalue weighted by molar-refractivity contribution is -0.148. The number of hydrogen-bond donors (Lipinski definition) is 1. The van der Waals surface area contributed by atoms with Crippen LogP contribution in [-0.4, -0.2) is 44.0 Å². The second-order valence-corrected chi connectivity index (χ2v) is 5.47. The van der Waals surface area contributed by atoms with Gasteiger partial charge in [0.05, 0.1) is 0 Å². The molecule has 1 amide bonds. The molecule has 1 atom stereocenters.